The zero-order valence-electron chi connectivity index (χ0n) is 11.2. The predicted octanol–water partition coefficient (Wildman–Crippen LogP) is 3.00. The summed E-state index contributed by atoms with van der Waals surface area (Å²) in [6.07, 6.45) is 3.99. The number of rotatable bonds is 0. The molecule has 1 aliphatic rings. The number of hydrogen-bond acceptors (Lipinski definition) is 2. The van der Waals surface area contributed by atoms with Gasteiger partial charge in [0.1, 0.15) is 0 Å². The Kier molecular flexibility index (Phi) is 4.17. The molecule has 0 atom stereocenters. The van der Waals surface area contributed by atoms with Crippen molar-refractivity contribution in [2.75, 3.05) is 12.0 Å². The first-order valence-corrected chi connectivity index (χ1v) is 6.18. The lowest BCUT2D eigenvalue weighted by atomic mass is 10.1. The molecule has 0 spiro atoms. The van der Waals surface area contributed by atoms with Gasteiger partial charge in [0.15, 0.2) is 0 Å². The predicted molar refractivity (Wildman–Crippen MR) is 81.7 cm³/mol. The van der Waals surface area contributed by atoms with E-state index < -0.39 is 6.03 Å². The van der Waals surface area contributed by atoms with Gasteiger partial charge in [0, 0.05) is 7.11 Å². The molecule has 4 nitrogen and oxygen atoms in total. The van der Waals surface area contributed by atoms with Gasteiger partial charge in [-0.15, -0.1) is 0 Å². The third kappa shape index (κ3) is 2.41. The van der Waals surface area contributed by atoms with Gasteiger partial charge < -0.3 is 10.8 Å². The zero-order valence-corrected chi connectivity index (χ0v) is 11.2. The van der Waals surface area contributed by atoms with Crippen molar-refractivity contribution in [3.63, 3.8) is 0 Å². The number of para-hydroxylation sites is 2. The fraction of sp³-hybridized carbons (Fsp3) is 0.0625. The van der Waals surface area contributed by atoms with Gasteiger partial charge in [-0.1, -0.05) is 48.6 Å². The maximum Gasteiger partial charge on any atom is 0.323 e. The van der Waals surface area contributed by atoms with Crippen molar-refractivity contribution in [1.29, 1.82) is 0 Å². The van der Waals surface area contributed by atoms with Crippen LogP contribution in [0.1, 0.15) is 11.1 Å². The molecule has 0 radical (unpaired) electrons. The molecule has 0 unspecified atom stereocenters. The molecule has 4 heteroatoms. The summed E-state index contributed by atoms with van der Waals surface area (Å²) in [7, 11) is 1.00. The molecule has 3 N–H and O–H groups in total. The molecule has 0 saturated heterocycles. The van der Waals surface area contributed by atoms with Crippen molar-refractivity contribution in [2.45, 2.75) is 0 Å². The van der Waals surface area contributed by atoms with E-state index in [9.17, 15) is 4.79 Å². The van der Waals surface area contributed by atoms with Crippen LogP contribution in [-0.4, -0.2) is 18.2 Å². The highest BCUT2D eigenvalue weighted by Gasteiger charge is 2.21. The minimum atomic E-state index is -0.474. The van der Waals surface area contributed by atoms with Crippen LogP contribution in [-0.2, 0) is 0 Å². The summed E-state index contributed by atoms with van der Waals surface area (Å²) in [6.45, 7) is 0. The number of benzene rings is 2. The van der Waals surface area contributed by atoms with Crippen LogP contribution < -0.4 is 10.6 Å². The molecule has 1 heterocycles. The van der Waals surface area contributed by atoms with Crippen LogP contribution in [0.25, 0.3) is 12.2 Å². The van der Waals surface area contributed by atoms with Gasteiger partial charge in [0.2, 0.25) is 0 Å². The fourth-order valence-electron chi connectivity index (χ4n) is 2.21. The molecular weight excluding hydrogens is 252 g/mol. The standard InChI is InChI=1S/C15H12N2O.CH4O/c16-15(18)17-13-7-3-1-5-11(13)9-10-12-6-2-4-8-14(12)17;1-2/h1-10H,(H2,16,18);2H,1H3. The smallest absolute Gasteiger partial charge is 0.323 e. The lowest BCUT2D eigenvalue weighted by Gasteiger charge is -2.22. The van der Waals surface area contributed by atoms with E-state index in [0.29, 0.717) is 0 Å². The van der Waals surface area contributed by atoms with E-state index >= 15 is 0 Å². The maximum absolute atomic E-state index is 11.8. The summed E-state index contributed by atoms with van der Waals surface area (Å²) in [6, 6.07) is 14.9. The number of carbonyl (C=O) groups is 1. The van der Waals surface area contributed by atoms with Gasteiger partial charge in [-0.25, -0.2) is 4.79 Å². The van der Waals surface area contributed by atoms with E-state index in [4.69, 9.17) is 10.8 Å². The minimum Gasteiger partial charge on any atom is -0.400 e. The summed E-state index contributed by atoms with van der Waals surface area (Å²) in [5.74, 6) is 0. The quantitative estimate of drug-likeness (QED) is 0.771. The average molecular weight is 268 g/mol. The zero-order chi connectivity index (χ0) is 14.5. The van der Waals surface area contributed by atoms with Crippen LogP contribution in [0.4, 0.5) is 16.2 Å². The molecule has 2 aromatic rings. The molecular formula is C16H16N2O2. The largest absolute Gasteiger partial charge is 0.400 e. The Morgan fingerprint density at radius 2 is 1.30 bits per heavy atom. The number of primary amides is 1. The van der Waals surface area contributed by atoms with Crippen molar-refractivity contribution in [3.05, 3.63) is 59.7 Å². The van der Waals surface area contributed by atoms with Crippen LogP contribution in [0.3, 0.4) is 0 Å². The minimum absolute atomic E-state index is 0.474. The molecule has 0 bridgehead atoms. The van der Waals surface area contributed by atoms with E-state index in [1.165, 1.54) is 0 Å². The number of carbonyl (C=O) groups excluding carboxylic acids is 1. The fourth-order valence-corrected chi connectivity index (χ4v) is 2.21. The summed E-state index contributed by atoms with van der Waals surface area (Å²) < 4.78 is 0. The van der Waals surface area contributed by atoms with Gasteiger partial charge in [-0.2, -0.15) is 0 Å². The summed E-state index contributed by atoms with van der Waals surface area (Å²) in [5.41, 5.74) is 9.11. The number of amides is 2. The van der Waals surface area contributed by atoms with E-state index in [-0.39, 0.29) is 0 Å². The third-order valence-corrected chi connectivity index (χ3v) is 3.02. The van der Waals surface area contributed by atoms with E-state index in [0.717, 1.165) is 29.6 Å². The molecule has 3 rings (SSSR count). The number of hydrogen-bond donors (Lipinski definition) is 2. The van der Waals surface area contributed by atoms with Crippen molar-refractivity contribution in [2.24, 2.45) is 5.73 Å². The Morgan fingerprint density at radius 3 is 1.70 bits per heavy atom. The Bertz CT molecular complexity index is 601. The number of aliphatic hydroxyl groups is 1. The van der Waals surface area contributed by atoms with Gasteiger partial charge in [0.05, 0.1) is 11.4 Å². The van der Waals surface area contributed by atoms with Gasteiger partial charge in [0.25, 0.3) is 0 Å². The van der Waals surface area contributed by atoms with Gasteiger partial charge in [-0.3, -0.25) is 4.90 Å². The number of anilines is 2. The number of nitrogens with zero attached hydrogens (tertiary/aromatic N) is 1. The molecule has 2 aromatic carbocycles. The molecule has 20 heavy (non-hydrogen) atoms. The molecule has 0 fully saturated rings. The maximum atomic E-state index is 11.8. The lowest BCUT2D eigenvalue weighted by molar-refractivity contribution is 0.256. The molecule has 0 aliphatic carbocycles. The third-order valence-electron chi connectivity index (χ3n) is 3.02. The second kappa shape index (κ2) is 6.04. The Balaban J connectivity index is 0.000000704. The van der Waals surface area contributed by atoms with Crippen molar-refractivity contribution >= 4 is 29.6 Å². The molecule has 1 aliphatic heterocycles. The Labute approximate surface area is 117 Å². The lowest BCUT2D eigenvalue weighted by Crippen LogP contribution is -2.32. The summed E-state index contributed by atoms with van der Waals surface area (Å²) >= 11 is 0. The highest BCUT2D eigenvalue weighted by Crippen LogP contribution is 2.35. The van der Waals surface area contributed by atoms with Crippen LogP contribution in [0.15, 0.2) is 48.5 Å². The first-order valence-electron chi connectivity index (χ1n) is 6.18. The molecule has 0 aromatic heterocycles. The average Bonchev–Trinajstić information content (AvgIpc) is 2.66. The van der Waals surface area contributed by atoms with Gasteiger partial charge >= 0.3 is 6.03 Å². The highest BCUT2D eigenvalue weighted by molar-refractivity contribution is 6.04. The van der Waals surface area contributed by atoms with Crippen molar-refractivity contribution in [1.82, 2.24) is 0 Å². The normalized spacial score (nSPS) is 11.6. The monoisotopic (exact) mass is 268 g/mol. The summed E-state index contributed by atoms with van der Waals surface area (Å²) in [4.78, 5) is 13.3. The van der Waals surface area contributed by atoms with Gasteiger partial charge in [-0.05, 0) is 23.3 Å². The number of fused-ring (bicyclic) bond motifs is 2. The number of urea groups is 1. The van der Waals surface area contributed by atoms with Crippen LogP contribution in [0.5, 0.6) is 0 Å². The molecule has 102 valence electrons. The van der Waals surface area contributed by atoms with Crippen LogP contribution in [0, 0.1) is 0 Å². The SMILES string of the molecule is CO.NC(=O)N1c2ccccc2C=Cc2ccccc21. The molecule has 0 saturated carbocycles. The second-order valence-electron chi connectivity index (χ2n) is 4.12. The first-order chi connectivity index (χ1) is 9.77. The topological polar surface area (TPSA) is 66.6 Å². The van der Waals surface area contributed by atoms with E-state index in [2.05, 4.69) is 0 Å². The summed E-state index contributed by atoms with van der Waals surface area (Å²) in [5, 5.41) is 7.00. The first kappa shape index (κ1) is 13.8. The number of aliphatic hydroxyl groups excluding tert-OH is 1. The Morgan fingerprint density at radius 1 is 0.900 bits per heavy atom. The molecule has 2 amide bonds. The van der Waals surface area contributed by atoms with Crippen LogP contribution >= 0.6 is 0 Å². The van der Waals surface area contributed by atoms with E-state index in [1.54, 1.807) is 4.90 Å². The Hall–Kier alpha value is -2.59. The second-order valence-corrected chi connectivity index (χ2v) is 4.12. The van der Waals surface area contributed by atoms with Crippen molar-refractivity contribution < 1.29 is 9.90 Å². The van der Waals surface area contributed by atoms with E-state index in [1.807, 2.05) is 60.7 Å². The number of nitrogens with two attached hydrogens (primary N) is 1. The van der Waals surface area contributed by atoms with Crippen molar-refractivity contribution in [3.8, 4) is 0 Å². The highest BCUT2D eigenvalue weighted by atomic mass is 16.2. The van der Waals surface area contributed by atoms with Crippen LogP contribution in [0.2, 0.25) is 0 Å².